The first-order valence-corrected chi connectivity index (χ1v) is 11.4. The molecule has 1 aliphatic heterocycles. The molecule has 7 heteroatoms. The molecule has 1 aliphatic carbocycles. The second kappa shape index (κ2) is 8.14. The molecule has 1 fully saturated rings. The Morgan fingerprint density at radius 3 is 2.63 bits per heavy atom. The maximum atomic E-state index is 12.8. The minimum absolute atomic E-state index is 0.00566. The maximum absolute atomic E-state index is 12.8. The fraction of sp³-hybridized carbons (Fsp3) is 0.348. The molecule has 0 saturated carbocycles. The summed E-state index contributed by atoms with van der Waals surface area (Å²) in [5.74, 6) is 0.598. The quantitative estimate of drug-likeness (QED) is 0.659. The molecular weight excluding hydrogens is 396 g/mol. The van der Waals surface area contributed by atoms with E-state index < -0.39 is 0 Å². The zero-order chi connectivity index (χ0) is 20.5. The molecule has 30 heavy (non-hydrogen) atoms. The number of amides is 2. The minimum Gasteiger partial charge on any atom is -0.345 e. The summed E-state index contributed by atoms with van der Waals surface area (Å²) in [7, 11) is 0. The first kappa shape index (κ1) is 19.2. The Hall–Kier alpha value is -2.80. The topological polar surface area (TPSA) is 69.3 Å². The number of rotatable bonds is 4. The second-order valence-corrected chi connectivity index (χ2v) is 8.93. The van der Waals surface area contributed by atoms with E-state index in [1.807, 2.05) is 28.0 Å². The lowest BCUT2D eigenvalue weighted by atomic mass is 10.1. The van der Waals surface area contributed by atoms with Gasteiger partial charge in [-0.1, -0.05) is 6.07 Å². The van der Waals surface area contributed by atoms with Crippen molar-refractivity contribution >= 4 is 34.6 Å². The number of aryl methyl sites for hydroxylation is 2. The number of nitrogens with zero attached hydrogens (tertiary/aromatic N) is 3. The molecule has 0 spiro atoms. The molecule has 1 saturated heterocycles. The van der Waals surface area contributed by atoms with Crippen molar-refractivity contribution in [2.24, 2.45) is 0 Å². The van der Waals surface area contributed by atoms with Crippen molar-refractivity contribution in [3.05, 3.63) is 59.4 Å². The van der Waals surface area contributed by atoms with Crippen LogP contribution in [0.15, 0.2) is 47.6 Å². The van der Waals surface area contributed by atoms with Crippen LogP contribution in [0.4, 0.5) is 0 Å². The molecule has 0 bridgehead atoms. The highest BCUT2D eigenvalue weighted by Crippen LogP contribution is 2.27. The molecule has 3 aromatic rings. The van der Waals surface area contributed by atoms with Crippen molar-refractivity contribution in [1.29, 1.82) is 0 Å². The predicted molar refractivity (Wildman–Crippen MR) is 118 cm³/mol. The summed E-state index contributed by atoms with van der Waals surface area (Å²) in [6.45, 7) is 2.30. The number of aromatic nitrogens is 2. The number of piperazine rings is 1. The van der Waals surface area contributed by atoms with Crippen LogP contribution >= 0.6 is 11.8 Å². The number of nitrogens with one attached hydrogen (secondary N) is 1. The maximum Gasteiger partial charge on any atom is 0.254 e. The van der Waals surface area contributed by atoms with Gasteiger partial charge in [-0.15, -0.1) is 11.8 Å². The van der Waals surface area contributed by atoms with Gasteiger partial charge in [0, 0.05) is 36.6 Å². The summed E-state index contributed by atoms with van der Waals surface area (Å²) < 4.78 is 0. The summed E-state index contributed by atoms with van der Waals surface area (Å²) in [5, 5.41) is 0. The van der Waals surface area contributed by atoms with E-state index in [9.17, 15) is 9.59 Å². The lowest BCUT2D eigenvalue weighted by Gasteiger charge is -2.34. The Balaban J connectivity index is 1.14. The van der Waals surface area contributed by atoms with Crippen LogP contribution in [0, 0.1) is 0 Å². The molecule has 2 aliphatic rings. The molecule has 2 heterocycles. The zero-order valence-corrected chi connectivity index (χ0v) is 17.6. The van der Waals surface area contributed by atoms with Crippen LogP contribution in [-0.2, 0) is 17.6 Å². The largest absolute Gasteiger partial charge is 0.345 e. The molecule has 0 atom stereocenters. The summed E-state index contributed by atoms with van der Waals surface area (Å²) in [6.07, 6.45) is 5.20. The molecule has 1 aromatic heterocycles. The molecule has 5 rings (SSSR count). The highest BCUT2D eigenvalue weighted by Gasteiger charge is 2.25. The van der Waals surface area contributed by atoms with E-state index in [4.69, 9.17) is 0 Å². The smallest absolute Gasteiger partial charge is 0.254 e. The molecule has 154 valence electrons. The number of carbonyl (C=O) groups excluding carboxylic acids is 2. The summed E-state index contributed by atoms with van der Waals surface area (Å²) >= 11 is 1.61. The van der Waals surface area contributed by atoms with E-state index in [2.05, 4.69) is 28.2 Å². The number of aromatic amines is 1. The molecule has 1 N–H and O–H groups in total. The number of carbonyl (C=O) groups is 2. The van der Waals surface area contributed by atoms with Crippen LogP contribution in [0.1, 0.15) is 27.9 Å². The molecule has 2 amide bonds. The average molecular weight is 421 g/mol. The summed E-state index contributed by atoms with van der Waals surface area (Å²) in [6, 6.07) is 12.1. The fourth-order valence-corrected chi connectivity index (χ4v) is 5.15. The molecule has 0 radical (unpaired) electrons. The fourth-order valence-electron chi connectivity index (χ4n) is 4.28. The van der Waals surface area contributed by atoms with E-state index in [-0.39, 0.29) is 11.8 Å². The van der Waals surface area contributed by atoms with Gasteiger partial charge in [-0.05, 0) is 60.7 Å². The zero-order valence-electron chi connectivity index (χ0n) is 16.8. The van der Waals surface area contributed by atoms with Crippen LogP contribution in [0.3, 0.4) is 0 Å². The number of fused-ring (bicyclic) bond motifs is 2. The van der Waals surface area contributed by atoms with Gasteiger partial charge in [0.25, 0.3) is 5.91 Å². The highest BCUT2D eigenvalue weighted by atomic mass is 32.2. The average Bonchev–Trinajstić information content (AvgIpc) is 3.45. The number of hydrogen-bond acceptors (Lipinski definition) is 4. The van der Waals surface area contributed by atoms with Gasteiger partial charge in [-0.2, -0.15) is 0 Å². The van der Waals surface area contributed by atoms with Gasteiger partial charge in [0.1, 0.15) is 0 Å². The summed E-state index contributed by atoms with van der Waals surface area (Å²) in [5.41, 5.74) is 5.26. The van der Waals surface area contributed by atoms with Crippen molar-refractivity contribution in [1.82, 2.24) is 19.8 Å². The van der Waals surface area contributed by atoms with Crippen LogP contribution in [0.2, 0.25) is 0 Å². The molecule has 6 nitrogen and oxygen atoms in total. The SMILES string of the molecule is O=C(CSc1ccc2c(c1)CCC2)N1CCN(C(=O)c2ccc3nc[nH]c3c2)CC1. The number of H-pyrrole nitrogens is 1. The monoisotopic (exact) mass is 420 g/mol. The highest BCUT2D eigenvalue weighted by molar-refractivity contribution is 8.00. The molecule has 2 aromatic carbocycles. The van der Waals surface area contributed by atoms with E-state index in [1.165, 1.54) is 28.9 Å². The first-order valence-electron chi connectivity index (χ1n) is 10.4. The van der Waals surface area contributed by atoms with Crippen molar-refractivity contribution in [2.75, 3.05) is 31.9 Å². The predicted octanol–water partition coefficient (Wildman–Crippen LogP) is 3.13. The van der Waals surface area contributed by atoms with E-state index >= 15 is 0 Å². The van der Waals surface area contributed by atoms with E-state index in [0.29, 0.717) is 37.5 Å². The molecule has 0 unspecified atom stereocenters. The van der Waals surface area contributed by atoms with Crippen LogP contribution < -0.4 is 0 Å². The third-order valence-electron chi connectivity index (χ3n) is 6.02. The van der Waals surface area contributed by atoms with Crippen LogP contribution in [0.5, 0.6) is 0 Å². The van der Waals surface area contributed by atoms with Gasteiger partial charge < -0.3 is 14.8 Å². The van der Waals surface area contributed by atoms with E-state index in [0.717, 1.165) is 17.5 Å². The second-order valence-electron chi connectivity index (χ2n) is 7.88. The van der Waals surface area contributed by atoms with E-state index in [1.54, 1.807) is 18.1 Å². The summed E-state index contributed by atoms with van der Waals surface area (Å²) in [4.78, 5) is 37.6. The lowest BCUT2D eigenvalue weighted by Crippen LogP contribution is -2.51. The standard InChI is InChI=1S/C23H24N4O2S/c28-22(14-30-19-6-4-16-2-1-3-17(16)12-19)26-8-10-27(11-9-26)23(29)18-5-7-20-21(13-18)25-15-24-20/h4-7,12-13,15H,1-3,8-11,14H2,(H,24,25). The van der Waals surface area contributed by atoms with Gasteiger partial charge in [0.05, 0.1) is 23.1 Å². The number of imidazole rings is 1. The van der Waals surface area contributed by atoms with Gasteiger partial charge in [-0.3, -0.25) is 9.59 Å². The Labute approximate surface area is 179 Å². The first-order chi connectivity index (χ1) is 14.7. The Morgan fingerprint density at radius 2 is 1.77 bits per heavy atom. The number of hydrogen-bond donors (Lipinski definition) is 1. The lowest BCUT2D eigenvalue weighted by molar-refractivity contribution is -0.129. The van der Waals surface area contributed by atoms with Gasteiger partial charge in [0.15, 0.2) is 0 Å². The Bertz CT molecular complexity index is 1100. The number of benzene rings is 2. The van der Waals surface area contributed by atoms with Crippen molar-refractivity contribution in [2.45, 2.75) is 24.2 Å². The van der Waals surface area contributed by atoms with Crippen molar-refractivity contribution in [3.8, 4) is 0 Å². The number of thioether (sulfide) groups is 1. The Kier molecular flexibility index (Phi) is 5.21. The van der Waals surface area contributed by atoms with Crippen LogP contribution in [-0.4, -0.2) is 63.5 Å². The molecular formula is C23H24N4O2S. The van der Waals surface area contributed by atoms with Crippen LogP contribution in [0.25, 0.3) is 11.0 Å². The van der Waals surface area contributed by atoms with Gasteiger partial charge >= 0.3 is 0 Å². The van der Waals surface area contributed by atoms with Crippen molar-refractivity contribution in [3.63, 3.8) is 0 Å². The normalized spacial score (nSPS) is 16.1. The third kappa shape index (κ3) is 3.81. The Morgan fingerprint density at radius 1 is 0.967 bits per heavy atom. The third-order valence-corrected chi connectivity index (χ3v) is 7.00. The minimum atomic E-state index is 0.00566. The van der Waals surface area contributed by atoms with Crippen molar-refractivity contribution < 1.29 is 9.59 Å². The van der Waals surface area contributed by atoms with Gasteiger partial charge in [-0.25, -0.2) is 4.98 Å². The van der Waals surface area contributed by atoms with Gasteiger partial charge in [0.2, 0.25) is 5.91 Å².